The third-order valence-electron chi connectivity index (χ3n) is 4.10. The maximum Gasteiger partial charge on any atom is 0.327 e. The monoisotopic (exact) mass is 304 g/mol. The second-order valence-corrected chi connectivity index (χ2v) is 5.74. The lowest BCUT2D eigenvalue weighted by molar-refractivity contribution is -0.129. The lowest BCUT2D eigenvalue weighted by atomic mass is 10.2. The lowest BCUT2D eigenvalue weighted by Gasteiger charge is -2.19. The Balaban J connectivity index is 1.47. The fraction of sp³-hybridized carbons (Fsp3) is 0.500. The van der Waals surface area contributed by atoms with Gasteiger partial charge in [-0.25, -0.2) is 4.79 Å². The summed E-state index contributed by atoms with van der Waals surface area (Å²) in [6.07, 6.45) is 0.733. The number of β-amino-alcohol motifs (C(OH)–C–C–N with tert-alkyl or cyclic N) is 1. The summed E-state index contributed by atoms with van der Waals surface area (Å²) in [6.45, 7) is 1.12. The van der Waals surface area contributed by atoms with Crippen LogP contribution < -0.4 is 0 Å². The largest absolute Gasteiger partial charge is 0.389 e. The highest BCUT2D eigenvalue weighted by atomic mass is 16.5. The summed E-state index contributed by atoms with van der Waals surface area (Å²) in [5, 5.41) is 10.00. The Morgan fingerprint density at radius 1 is 1.27 bits per heavy atom. The standard InChI is InChI=1S/C16H20N2O4/c19-13(11-22-10-12-5-2-1-3-6-12)9-18-15(20)14-7-4-8-17(14)16(18)21/h1-3,5-6,13-14,19H,4,7-11H2/t13-,14+/m1/s1. The Morgan fingerprint density at radius 3 is 2.77 bits per heavy atom. The molecule has 0 spiro atoms. The highest BCUT2D eigenvalue weighted by molar-refractivity contribution is 6.04. The quantitative estimate of drug-likeness (QED) is 0.796. The van der Waals surface area contributed by atoms with Crippen LogP contribution in [0.3, 0.4) is 0 Å². The van der Waals surface area contributed by atoms with Crippen molar-refractivity contribution in [2.75, 3.05) is 19.7 Å². The minimum Gasteiger partial charge on any atom is -0.389 e. The van der Waals surface area contributed by atoms with Gasteiger partial charge >= 0.3 is 6.03 Å². The van der Waals surface area contributed by atoms with Gasteiger partial charge < -0.3 is 14.7 Å². The van der Waals surface area contributed by atoms with Crippen LogP contribution in [-0.4, -0.2) is 58.7 Å². The van der Waals surface area contributed by atoms with Gasteiger partial charge in [0.2, 0.25) is 0 Å². The molecule has 0 radical (unpaired) electrons. The van der Waals surface area contributed by atoms with Crippen LogP contribution in [0.2, 0.25) is 0 Å². The van der Waals surface area contributed by atoms with Crippen LogP contribution in [-0.2, 0) is 16.1 Å². The van der Waals surface area contributed by atoms with E-state index in [1.165, 1.54) is 0 Å². The van der Waals surface area contributed by atoms with Crippen molar-refractivity contribution in [3.8, 4) is 0 Å². The first-order chi connectivity index (χ1) is 10.7. The SMILES string of the molecule is O=C1[C@@H]2CCCN2C(=O)N1C[C@@H](O)COCc1ccccc1. The fourth-order valence-corrected chi connectivity index (χ4v) is 3.00. The number of rotatable bonds is 6. The Kier molecular flexibility index (Phi) is 4.40. The van der Waals surface area contributed by atoms with Crippen LogP contribution in [0.5, 0.6) is 0 Å². The topological polar surface area (TPSA) is 70.1 Å². The number of hydrogen-bond acceptors (Lipinski definition) is 4. The zero-order valence-electron chi connectivity index (χ0n) is 12.4. The van der Waals surface area contributed by atoms with E-state index in [1.54, 1.807) is 4.90 Å². The van der Waals surface area contributed by atoms with Gasteiger partial charge in [0.15, 0.2) is 0 Å². The second-order valence-electron chi connectivity index (χ2n) is 5.74. The summed E-state index contributed by atoms with van der Waals surface area (Å²) in [4.78, 5) is 27.0. The minimum absolute atomic E-state index is 0.000539. The number of imide groups is 1. The van der Waals surface area contributed by atoms with Gasteiger partial charge in [-0.1, -0.05) is 30.3 Å². The lowest BCUT2D eigenvalue weighted by Crippen LogP contribution is -2.40. The van der Waals surface area contributed by atoms with E-state index in [0.717, 1.165) is 23.3 Å². The Morgan fingerprint density at radius 2 is 2.05 bits per heavy atom. The highest BCUT2D eigenvalue weighted by Gasteiger charge is 2.47. The number of fused-ring (bicyclic) bond motifs is 1. The van der Waals surface area contributed by atoms with Crippen molar-refractivity contribution < 1.29 is 19.4 Å². The van der Waals surface area contributed by atoms with E-state index >= 15 is 0 Å². The van der Waals surface area contributed by atoms with Crippen molar-refractivity contribution in [2.45, 2.75) is 31.6 Å². The van der Waals surface area contributed by atoms with Gasteiger partial charge in [0.05, 0.1) is 25.9 Å². The van der Waals surface area contributed by atoms with Crippen LogP contribution in [0.25, 0.3) is 0 Å². The fourth-order valence-electron chi connectivity index (χ4n) is 3.00. The molecule has 0 aliphatic carbocycles. The normalized spacial score (nSPS) is 22.3. The van der Waals surface area contributed by atoms with Gasteiger partial charge in [0, 0.05) is 6.54 Å². The molecule has 22 heavy (non-hydrogen) atoms. The molecular formula is C16H20N2O4. The summed E-state index contributed by atoms with van der Waals surface area (Å²) in [6, 6.07) is 9.05. The van der Waals surface area contributed by atoms with Crippen LogP contribution in [0.15, 0.2) is 30.3 Å². The van der Waals surface area contributed by atoms with E-state index in [-0.39, 0.29) is 31.1 Å². The summed E-state index contributed by atoms with van der Waals surface area (Å²) in [7, 11) is 0. The molecule has 6 nitrogen and oxygen atoms in total. The first-order valence-electron chi connectivity index (χ1n) is 7.58. The number of carbonyl (C=O) groups excluding carboxylic acids is 2. The van der Waals surface area contributed by atoms with Gasteiger partial charge in [-0.3, -0.25) is 9.69 Å². The number of aliphatic hydroxyl groups excluding tert-OH is 1. The molecule has 0 unspecified atom stereocenters. The van der Waals surface area contributed by atoms with Crippen molar-refractivity contribution in [2.24, 2.45) is 0 Å². The van der Waals surface area contributed by atoms with Crippen LogP contribution in [0.1, 0.15) is 18.4 Å². The second kappa shape index (κ2) is 6.46. The van der Waals surface area contributed by atoms with Crippen molar-refractivity contribution in [1.29, 1.82) is 0 Å². The van der Waals surface area contributed by atoms with E-state index < -0.39 is 6.10 Å². The predicted molar refractivity (Wildman–Crippen MR) is 78.9 cm³/mol. The van der Waals surface area contributed by atoms with E-state index in [2.05, 4.69) is 0 Å². The molecule has 1 aromatic carbocycles. The molecule has 0 saturated carbocycles. The zero-order chi connectivity index (χ0) is 15.5. The number of carbonyl (C=O) groups is 2. The molecule has 6 heteroatoms. The zero-order valence-corrected chi connectivity index (χ0v) is 12.4. The molecule has 3 amide bonds. The van der Waals surface area contributed by atoms with Gasteiger partial charge in [-0.15, -0.1) is 0 Å². The third kappa shape index (κ3) is 2.98. The molecule has 0 aromatic heterocycles. The number of nitrogens with zero attached hydrogens (tertiary/aromatic N) is 2. The minimum atomic E-state index is -0.864. The third-order valence-corrected chi connectivity index (χ3v) is 4.10. The number of amides is 3. The highest BCUT2D eigenvalue weighted by Crippen LogP contribution is 2.27. The van der Waals surface area contributed by atoms with E-state index in [1.807, 2.05) is 30.3 Å². The molecule has 1 N–H and O–H groups in total. The molecule has 2 fully saturated rings. The summed E-state index contributed by atoms with van der Waals surface area (Å²) in [5.74, 6) is -0.190. The molecular weight excluding hydrogens is 284 g/mol. The van der Waals surface area contributed by atoms with E-state index in [9.17, 15) is 14.7 Å². The molecule has 2 heterocycles. The van der Waals surface area contributed by atoms with Crippen LogP contribution in [0.4, 0.5) is 4.79 Å². The summed E-state index contributed by atoms with van der Waals surface area (Å²) >= 11 is 0. The average molecular weight is 304 g/mol. The van der Waals surface area contributed by atoms with Crippen molar-refractivity contribution in [3.05, 3.63) is 35.9 Å². The van der Waals surface area contributed by atoms with Crippen molar-refractivity contribution >= 4 is 11.9 Å². The van der Waals surface area contributed by atoms with Crippen LogP contribution >= 0.6 is 0 Å². The number of ether oxygens (including phenoxy) is 1. The van der Waals surface area contributed by atoms with E-state index in [0.29, 0.717) is 13.2 Å². The molecule has 1 aromatic rings. The van der Waals surface area contributed by atoms with E-state index in [4.69, 9.17) is 4.74 Å². The molecule has 2 saturated heterocycles. The molecule has 3 rings (SSSR count). The predicted octanol–water partition coefficient (Wildman–Crippen LogP) is 0.991. The number of aliphatic hydroxyl groups is 1. The molecule has 2 atom stereocenters. The van der Waals surface area contributed by atoms with Gasteiger partial charge in [0.25, 0.3) is 5.91 Å². The van der Waals surface area contributed by atoms with Gasteiger partial charge in [-0.05, 0) is 18.4 Å². The molecule has 2 aliphatic heterocycles. The molecule has 0 bridgehead atoms. The first kappa shape index (κ1) is 15.0. The Bertz CT molecular complexity index is 526. The maximum absolute atomic E-state index is 12.1. The van der Waals surface area contributed by atoms with Crippen LogP contribution in [0, 0.1) is 0 Å². The smallest absolute Gasteiger partial charge is 0.327 e. The van der Waals surface area contributed by atoms with Crippen molar-refractivity contribution in [3.63, 3.8) is 0 Å². The average Bonchev–Trinajstić information content (AvgIpc) is 3.08. The van der Waals surface area contributed by atoms with Gasteiger partial charge in [-0.2, -0.15) is 0 Å². The number of hydrogen-bond donors (Lipinski definition) is 1. The maximum atomic E-state index is 12.1. The molecule has 118 valence electrons. The summed E-state index contributed by atoms with van der Waals surface area (Å²) < 4.78 is 5.44. The number of urea groups is 1. The molecule has 2 aliphatic rings. The summed E-state index contributed by atoms with van der Waals surface area (Å²) in [5.41, 5.74) is 1.02. The first-order valence-corrected chi connectivity index (χ1v) is 7.58. The van der Waals surface area contributed by atoms with Gasteiger partial charge in [0.1, 0.15) is 6.04 Å². The van der Waals surface area contributed by atoms with Crippen molar-refractivity contribution in [1.82, 2.24) is 9.80 Å². The number of benzene rings is 1. The Labute approximate surface area is 129 Å². The Hall–Kier alpha value is -1.92.